The average Bonchev–Trinajstić information content (AvgIpc) is 2.25. The van der Waals surface area contributed by atoms with E-state index in [0.29, 0.717) is 17.3 Å². The average molecular weight is 200 g/mol. The van der Waals surface area contributed by atoms with Gasteiger partial charge in [0.25, 0.3) is 0 Å². The number of benzene rings is 1. The van der Waals surface area contributed by atoms with Crippen molar-refractivity contribution in [1.82, 2.24) is 15.7 Å². The smallest absolute Gasteiger partial charge is 0.237 e. The Morgan fingerprint density at radius 3 is 2.80 bits per heavy atom. The van der Waals surface area contributed by atoms with E-state index in [0.717, 1.165) is 5.56 Å². The number of nitrogens with one attached hydrogen (secondary N) is 1. The Labute approximate surface area is 87.7 Å². The van der Waals surface area contributed by atoms with Crippen LogP contribution in [0.4, 0.5) is 5.69 Å². The zero-order valence-electron chi connectivity index (χ0n) is 8.27. The fourth-order valence-electron chi connectivity index (χ4n) is 1.16. The lowest BCUT2D eigenvalue weighted by Crippen LogP contribution is -1.89. The Bertz CT molecular complexity index is 457. The molecule has 1 aromatic carbocycles. The van der Waals surface area contributed by atoms with Crippen molar-refractivity contribution in [3.63, 3.8) is 0 Å². The van der Waals surface area contributed by atoms with Gasteiger partial charge in [-0.3, -0.25) is 4.98 Å². The second kappa shape index (κ2) is 3.96. The second-order valence-corrected chi connectivity index (χ2v) is 3.12. The van der Waals surface area contributed by atoms with Gasteiger partial charge in [-0.1, -0.05) is 0 Å². The van der Waals surface area contributed by atoms with Crippen molar-refractivity contribution in [3.05, 3.63) is 42.4 Å². The van der Waals surface area contributed by atoms with E-state index in [2.05, 4.69) is 9.97 Å². The molecule has 0 aliphatic carbocycles. The molecule has 75 valence electrons. The summed E-state index contributed by atoms with van der Waals surface area (Å²) in [4.78, 5) is 7.89. The molecule has 0 unspecified atom stereocenters. The second-order valence-electron chi connectivity index (χ2n) is 3.12. The number of hydrogen-bond donors (Lipinski definition) is 0. The van der Waals surface area contributed by atoms with Crippen LogP contribution < -0.4 is 10.5 Å². The van der Waals surface area contributed by atoms with Crippen LogP contribution in [0.25, 0.3) is 0 Å². The van der Waals surface area contributed by atoms with E-state index in [-0.39, 0.29) is 0 Å². The van der Waals surface area contributed by atoms with Gasteiger partial charge >= 0.3 is 0 Å². The zero-order valence-corrected chi connectivity index (χ0v) is 8.27. The normalized spacial score (nSPS) is 9.93. The van der Waals surface area contributed by atoms with Crippen molar-refractivity contribution in [2.45, 2.75) is 6.92 Å². The summed E-state index contributed by atoms with van der Waals surface area (Å²) in [7, 11) is 0. The third kappa shape index (κ3) is 2.22. The fourth-order valence-corrected chi connectivity index (χ4v) is 1.16. The van der Waals surface area contributed by atoms with Crippen LogP contribution in [0.2, 0.25) is 0 Å². The first kappa shape index (κ1) is 9.45. The van der Waals surface area contributed by atoms with E-state index in [1.165, 1.54) is 0 Å². The van der Waals surface area contributed by atoms with Crippen molar-refractivity contribution in [1.29, 1.82) is 0 Å². The predicted octanol–water partition coefficient (Wildman–Crippen LogP) is 2.49. The summed E-state index contributed by atoms with van der Waals surface area (Å²) in [5.74, 6) is 1.12. The Morgan fingerprint density at radius 1 is 1.27 bits per heavy atom. The molecule has 2 rings (SSSR count). The molecule has 0 saturated carbocycles. The molecular formula is C11H10N3O. The molecule has 0 atom stereocenters. The molecule has 0 saturated heterocycles. The summed E-state index contributed by atoms with van der Waals surface area (Å²) in [6.45, 7) is 1.87. The van der Waals surface area contributed by atoms with Gasteiger partial charge in [-0.05, 0) is 30.7 Å². The van der Waals surface area contributed by atoms with Crippen LogP contribution >= 0.6 is 0 Å². The highest BCUT2D eigenvalue weighted by molar-refractivity contribution is 5.47. The maximum atomic E-state index is 7.51. The molecule has 0 aliphatic heterocycles. The van der Waals surface area contributed by atoms with E-state index >= 15 is 0 Å². The van der Waals surface area contributed by atoms with Crippen LogP contribution in [0.15, 0.2) is 36.8 Å². The van der Waals surface area contributed by atoms with Gasteiger partial charge in [0.2, 0.25) is 5.88 Å². The number of ether oxygens (including phenoxy) is 1. The van der Waals surface area contributed by atoms with E-state index < -0.39 is 0 Å². The van der Waals surface area contributed by atoms with Gasteiger partial charge in [0, 0.05) is 12.4 Å². The molecule has 0 spiro atoms. The van der Waals surface area contributed by atoms with Crippen LogP contribution in [0.5, 0.6) is 11.6 Å². The van der Waals surface area contributed by atoms with E-state index in [4.69, 9.17) is 10.5 Å². The Balaban J connectivity index is 2.22. The van der Waals surface area contributed by atoms with Crippen molar-refractivity contribution >= 4 is 5.69 Å². The summed E-state index contributed by atoms with van der Waals surface area (Å²) >= 11 is 0. The van der Waals surface area contributed by atoms with E-state index in [9.17, 15) is 0 Å². The molecule has 0 fully saturated rings. The zero-order chi connectivity index (χ0) is 10.7. The first-order valence-electron chi connectivity index (χ1n) is 4.52. The van der Waals surface area contributed by atoms with Gasteiger partial charge in [0.15, 0.2) is 0 Å². The SMILES string of the molecule is Cc1cc(Oc2cnccn2)ccc1[NH]. The van der Waals surface area contributed by atoms with Crippen molar-refractivity contribution in [2.24, 2.45) is 0 Å². The first-order chi connectivity index (χ1) is 7.25. The largest absolute Gasteiger partial charge is 0.437 e. The molecule has 1 heterocycles. The molecule has 4 heteroatoms. The molecular weight excluding hydrogens is 190 g/mol. The topological polar surface area (TPSA) is 58.8 Å². The van der Waals surface area contributed by atoms with Crippen LogP contribution in [0.3, 0.4) is 0 Å². The highest BCUT2D eigenvalue weighted by Gasteiger charge is 2.00. The summed E-state index contributed by atoms with van der Waals surface area (Å²) in [5, 5.41) is 0. The predicted molar refractivity (Wildman–Crippen MR) is 56.0 cm³/mol. The fraction of sp³-hybridized carbons (Fsp3) is 0.0909. The monoisotopic (exact) mass is 200 g/mol. The maximum Gasteiger partial charge on any atom is 0.237 e. The molecule has 2 aromatic rings. The van der Waals surface area contributed by atoms with Crippen molar-refractivity contribution < 1.29 is 4.74 Å². The Hall–Kier alpha value is -2.10. The van der Waals surface area contributed by atoms with Gasteiger partial charge < -0.3 is 10.5 Å². The summed E-state index contributed by atoms with van der Waals surface area (Å²) < 4.78 is 5.46. The third-order valence-corrected chi connectivity index (χ3v) is 1.96. The minimum Gasteiger partial charge on any atom is -0.437 e. The minimum absolute atomic E-state index is 0.453. The summed E-state index contributed by atoms with van der Waals surface area (Å²) in [6.07, 6.45) is 4.70. The summed E-state index contributed by atoms with van der Waals surface area (Å²) in [5.41, 5.74) is 8.89. The van der Waals surface area contributed by atoms with Gasteiger partial charge in [0.05, 0.1) is 11.9 Å². The molecule has 0 aliphatic rings. The number of aromatic nitrogens is 2. The first-order valence-corrected chi connectivity index (χ1v) is 4.52. The lowest BCUT2D eigenvalue weighted by atomic mass is 10.2. The summed E-state index contributed by atoms with van der Waals surface area (Å²) in [6, 6.07) is 5.24. The standard InChI is InChI=1S/C11H10N3O/c1-8-6-9(2-3-10(8)12)15-11-7-13-4-5-14-11/h2-7,12H,1H3. The van der Waals surface area contributed by atoms with Gasteiger partial charge in [-0.2, -0.15) is 0 Å². The van der Waals surface area contributed by atoms with Crippen LogP contribution in [0.1, 0.15) is 5.56 Å². The quantitative estimate of drug-likeness (QED) is 0.748. The molecule has 1 aromatic heterocycles. The van der Waals surface area contributed by atoms with Gasteiger partial charge in [-0.25, -0.2) is 4.98 Å². The van der Waals surface area contributed by atoms with E-state index in [1.807, 2.05) is 6.92 Å². The van der Waals surface area contributed by atoms with Gasteiger partial charge in [0.1, 0.15) is 5.75 Å². The molecule has 1 N–H and O–H groups in total. The van der Waals surface area contributed by atoms with Crippen LogP contribution in [-0.2, 0) is 0 Å². The number of nitrogens with zero attached hydrogens (tertiary/aromatic N) is 2. The van der Waals surface area contributed by atoms with Crippen LogP contribution in [0, 0.1) is 6.92 Å². The molecule has 4 nitrogen and oxygen atoms in total. The number of hydrogen-bond acceptors (Lipinski definition) is 3. The van der Waals surface area contributed by atoms with Crippen LogP contribution in [-0.4, -0.2) is 9.97 Å². The van der Waals surface area contributed by atoms with Gasteiger partial charge in [-0.15, -0.1) is 0 Å². The third-order valence-electron chi connectivity index (χ3n) is 1.96. The van der Waals surface area contributed by atoms with E-state index in [1.54, 1.807) is 36.8 Å². The number of aryl methyl sites for hydroxylation is 1. The molecule has 15 heavy (non-hydrogen) atoms. The highest BCUT2D eigenvalue weighted by atomic mass is 16.5. The van der Waals surface area contributed by atoms with Crippen molar-refractivity contribution in [3.8, 4) is 11.6 Å². The lowest BCUT2D eigenvalue weighted by Gasteiger charge is -2.05. The Morgan fingerprint density at radius 2 is 2.13 bits per heavy atom. The molecule has 1 radical (unpaired) electrons. The maximum absolute atomic E-state index is 7.51. The number of rotatable bonds is 2. The minimum atomic E-state index is 0.453. The lowest BCUT2D eigenvalue weighted by molar-refractivity contribution is 0.460. The Kier molecular flexibility index (Phi) is 2.49. The molecule has 0 amide bonds. The highest BCUT2D eigenvalue weighted by Crippen LogP contribution is 2.23. The molecule has 0 bridgehead atoms. The van der Waals surface area contributed by atoms with Crippen molar-refractivity contribution in [2.75, 3.05) is 0 Å².